The van der Waals surface area contributed by atoms with Gasteiger partial charge in [-0.05, 0) is 43.5 Å². The molecule has 114 valence electrons. The van der Waals surface area contributed by atoms with Gasteiger partial charge in [0.05, 0.1) is 0 Å². The van der Waals surface area contributed by atoms with Gasteiger partial charge >= 0.3 is 0 Å². The van der Waals surface area contributed by atoms with Crippen molar-refractivity contribution >= 4 is 21.6 Å². The van der Waals surface area contributed by atoms with E-state index in [1.54, 1.807) is 0 Å². The molecule has 2 unspecified atom stereocenters. The average Bonchev–Trinajstić information content (AvgIpc) is 2.35. The van der Waals surface area contributed by atoms with Crippen LogP contribution in [0.2, 0.25) is 0 Å². The van der Waals surface area contributed by atoms with E-state index < -0.39 is 0 Å². The number of anilines is 1. The molecule has 0 spiro atoms. The Bertz CT molecular complexity index is 437. The van der Waals surface area contributed by atoms with E-state index in [0.29, 0.717) is 12.1 Å². The van der Waals surface area contributed by atoms with Crippen LogP contribution in [0, 0.1) is 5.41 Å². The molecule has 0 bridgehead atoms. The van der Waals surface area contributed by atoms with Gasteiger partial charge in [0.2, 0.25) is 0 Å². The van der Waals surface area contributed by atoms with Crippen LogP contribution in [0.25, 0.3) is 0 Å². The number of benzene rings is 1. The smallest absolute Gasteiger partial charge is 0.0377 e. The second-order valence-electron chi connectivity index (χ2n) is 6.64. The van der Waals surface area contributed by atoms with E-state index >= 15 is 0 Å². The fraction of sp³-hybridized carbons (Fsp3) is 0.647. The minimum atomic E-state index is 0.261. The minimum Gasteiger partial charge on any atom is -0.371 e. The first-order chi connectivity index (χ1) is 9.18. The lowest BCUT2D eigenvalue weighted by atomic mass is 9.87. The van der Waals surface area contributed by atoms with Crippen molar-refractivity contribution in [3.05, 3.63) is 28.2 Å². The Labute approximate surface area is 133 Å². The third-order valence-electron chi connectivity index (χ3n) is 4.20. The third-order valence-corrected chi connectivity index (χ3v) is 4.89. The number of nitrogens with one attached hydrogen (secondary N) is 1. The van der Waals surface area contributed by atoms with Crippen molar-refractivity contribution in [3.8, 4) is 0 Å². The molecule has 0 saturated heterocycles. The minimum absolute atomic E-state index is 0.261. The van der Waals surface area contributed by atoms with E-state index in [0.717, 1.165) is 6.54 Å². The quantitative estimate of drug-likeness (QED) is 0.812. The van der Waals surface area contributed by atoms with Gasteiger partial charge in [-0.1, -0.05) is 49.7 Å². The zero-order valence-corrected chi connectivity index (χ0v) is 15.5. The summed E-state index contributed by atoms with van der Waals surface area (Å²) in [6.07, 6.45) is 0. The predicted octanol–water partition coefficient (Wildman–Crippen LogP) is 4.99. The van der Waals surface area contributed by atoms with E-state index in [1.807, 2.05) is 0 Å². The van der Waals surface area contributed by atoms with Crippen molar-refractivity contribution in [1.82, 2.24) is 5.32 Å². The highest BCUT2D eigenvalue weighted by atomic mass is 79.9. The summed E-state index contributed by atoms with van der Waals surface area (Å²) in [5.41, 5.74) is 2.83. The molecule has 0 radical (unpaired) electrons. The van der Waals surface area contributed by atoms with E-state index in [-0.39, 0.29) is 5.41 Å². The average molecular weight is 341 g/mol. The van der Waals surface area contributed by atoms with Gasteiger partial charge in [-0.15, -0.1) is 0 Å². The normalized spacial score (nSPS) is 15.0. The van der Waals surface area contributed by atoms with Crippen LogP contribution in [-0.2, 0) is 0 Å². The molecule has 1 aromatic rings. The van der Waals surface area contributed by atoms with Gasteiger partial charge < -0.3 is 10.2 Å². The number of hydrogen-bond donors (Lipinski definition) is 1. The first-order valence-electron chi connectivity index (χ1n) is 7.44. The van der Waals surface area contributed by atoms with Crippen LogP contribution in [0.3, 0.4) is 0 Å². The molecule has 3 heteroatoms. The van der Waals surface area contributed by atoms with Crippen molar-refractivity contribution in [2.45, 2.75) is 53.6 Å². The topological polar surface area (TPSA) is 15.3 Å². The number of nitrogens with zero attached hydrogens (tertiary/aromatic N) is 1. The molecule has 0 saturated carbocycles. The van der Waals surface area contributed by atoms with Crippen LogP contribution < -0.4 is 10.2 Å². The monoisotopic (exact) mass is 340 g/mol. The summed E-state index contributed by atoms with van der Waals surface area (Å²) >= 11 is 3.72. The summed E-state index contributed by atoms with van der Waals surface area (Å²) in [7, 11) is 2.17. The van der Waals surface area contributed by atoms with E-state index in [2.05, 4.69) is 92.9 Å². The van der Waals surface area contributed by atoms with Gasteiger partial charge in [-0.25, -0.2) is 0 Å². The largest absolute Gasteiger partial charge is 0.371 e. The molecule has 0 aliphatic rings. The molecule has 0 aromatic heterocycles. The maximum atomic E-state index is 3.72. The summed E-state index contributed by atoms with van der Waals surface area (Å²) in [4.78, 5) is 2.35. The van der Waals surface area contributed by atoms with Crippen molar-refractivity contribution in [3.63, 3.8) is 0 Å². The lowest BCUT2D eigenvalue weighted by molar-refractivity contribution is 0.329. The zero-order valence-electron chi connectivity index (χ0n) is 13.9. The van der Waals surface area contributed by atoms with Crippen LogP contribution in [0.4, 0.5) is 5.69 Å². The Balaban J connectivity index is 2.97. The molecule has 0 amide bonds. The third kappa shape index (κ3) is 4.23. The molecule has 2 nitrogen and oxygen atoms in total. The summed E-state index contributed by atoms with van der Waals surface area (Å²) in [6, 6.07) is 7.51. The van der Waals surface area contributed by atoms with E-state index in [4.69, 9.17) is 0 Å². The van der Waals surface area contributed by atoms with E-state index in [1.165, 1.54) is 15.7 Å². The van der Waals surface area contributed by atoms with Crippen LogP contribution in [-0.4, -0.2) is 19.6 Å². The highest BCUT2D eigenvalue weighted by molar-refractivity contribution is 9.10. The van der Waals surface area contributed by atoms with Crippen LogP contribution >= 0.6 is 15.9 Å². The molecule has 0 fully saturated rings. The van der Waals surface area contributed by atoms with Crippen LogP contribution in [0.15, 0.2) is 22.7 Å². The molecule has 2 atom stereocenters. The first kappa shape index (κ1) is 17.5. The number of halogens is 1. The van der Waals surface area contributed by atoms with Crippen LogP contribution in [0.1, 0.15) is 53.1 Å². The van der Waals surface area contributed by atoms with E-state index in [9.17, 15) is 0 Å². The number of hydrogen-bond acceptors (Lipinski definition) is 2. The fourth-order valence-corrected chi connectivity index (χ4v) is 3.02. The summed E-state index contributed by atoms with van der Waals surface area (Å²) in [5, 5.41) is 3.45. The standard InChI is InChI=1S/C17H29BrN2/c1-8-19-12(2)15-10-9-14(11-16(15)18)20(7)13(3)17(4,5)6/h9-13,19H,8H2,1-7H3. The second kappa shape index (κ2) is 6.95. The van der Waals surface area contributed by atoms with Crippen molar-refractivity contribution in [1.29, 1.82) is 0 Å². The summed E-state index contributed by atoms with van der Waals surface area (Å²) in [6.45, 7) is 14.4. The lowest BCUT2D eigenvalue weighted by Gasteiger charge is -2.37. The van der Waals surface area contributed by atoms with Gasteiger partial charge in [-0.3, -0.25) is 0 Å². The molecule has 0 aliphatic carbocycles. The van der Waals surface area contributed by atoms with Crippen LogP contribution in [0.5, 0.6) is 0 Å². The van der Waals surface area contributed by atoms with Crippen molar-refractivity contribution in [2.24, 2.45) is 5.41 Å². The molecule has 1 N–H and O–H groups in total. The number of rotatable bonds is 5. The maximum absolute atomic E-state index is 3.72. The maximum Gasteiger partial charge on any atom is 0.0377 e. The van der Waals surface area contributed by atoms with Crippen molar-refractivity contribution < 1.29 is 0 Å². The Morgan fingerprint density at radius 1 is 1.25 bits per heavy atom. The Kier molecular flexibility index (Phi) is 6.08. The van der Waals surface area contributed by atoms with Gasteiger partial charge in [-0.2, -0.15) is 0 Å². The Morgan fingerprint density at radius 3 is 2.30 bits per heavy atom. The first-order valence-corrected chi connectivity index (χ1v) is 8.23. The van der Waals surface area contributed by atoms with Gasteiger partial charge in [0.1, 0.15) is 0 Å². The second-order valence-corrected chi connectivity index (χ2v) is 7.49. The van der Waals surface area contributed by atoms with Gasteiger partial charge in [0.25, 0.3) is 0 Å². The van der Waals surface area contributed by atoms with Gasteiger partial charge in [0.15, 0.2) is 0 Å². The zero-order chi connectivity index (χ0) is 15.5. The molecule has 1 rings (SSSR count). The summed E-state index contributed by atoms with van der Waals surface area (Å²) < 4.78 is 1.18. The molecule has 1 aromatic carbocycles. The molecule has 0 heterocycles. The highest BCUT2D eigenvalue weighted by Gasteiger charge is 2.24. The summed E-state index contributed by atoms with van der Waals surface area (Å²) in [5.74, 6) is 0. The van der Waals surface area contributed by atoms with Gasteiger partial charge in [0, 0.05) is 29.3 Å². The van der Waals surface area contributed by atoms with Crippen molar-refractivity contribution in [2.75, 3.05) is 18.5 Å². The molecule has 20 heavy (non-hydrogen) atoms. The molecule has 0 aliphatic heterocycles. The lowest BCUT2D eigenvalue weighted by Crippen LogP contribution is -2.39. The SMILES string of the molecule is CCNC(C)c1ccc(N(C)C(C)C(C)(C)C)cc1Br. The predicted molar refractivity (Wildman–Crippen MR) is 93.6 cm³/mol. The Morgan fingerprint density at radius 2 is 1.85 bits per heavy atom. The highest BCUT2D eigenvalue weighted by Crippen LogP contribution is 2.32. The molecular weight excluding hydrogens is 312 g/mol. The molecular formula is C17H29BrN2. The fourth-order valence-electron chi connectivity index (χ4n) is 2.31. The Hall–Kier alpha value is -0.540.